The first-order chi connectivity index (χ1) is 20.6. The molecule has 0 aliphatic carbocycles. The average Bonchev–Trinajstić information content (AvgIpc) is 3.60. The first-order valence-electron chi connectivity index (χ1n) is 14.3. The quantitative estimate of drug-likeness (QED) is 0.189. The first kappa shape index (κ1) is 28.8. The Morgan fingerprint density at radius 2 is 1.70 bits per heavy atom. The van der Waals surface area contributed by atoms with Crippen molar-refractivity contribution in [2.24, 2.45) is 0 Å². The van der Waals surface area contributed by atoms with Gasteiger partial charge in [0.25, 0.3) is 5.91 Å². The number of rotatable bonds is 6. The smallest absolute Gasteiger partial charge is 0.414 e. The highest BCUT2D eigenvalue weighted by atomic mass is 79.9. The van der Waals surface area contributed by atoms with E-state index in [0.717, 1.165) is 49.6 Å². The number of nitrogens with zero attached hydrogens (tertiary/aromatic N) is 2. The van der Waals surface area contributed by atoms with Crippen molar-refractivity contribution in [3.05, 3.63) is 102 Å². The van der Waals surface area contributed by atoms with Crippen molar-refractivity contribution in [2.45, 2.75) is 38.9 Å². The molecule has 2 amide bonds. The molecule has 0 fully saturated rings. The molecule has 5 aromatic rings. The zero-order valence-electron chi connectivity index (χ0n) is 24.7. The number of alkyl halides is 1. The fourth-order valence-corrected chi connectivity index (χ4v) is 6.14. The second-order valence-electron chi connectivity index (χ2n) is 11.9. The molecule has 1 atom stereocenters. The Labute approximate surface area is 259 Å². The van der Waals surface area contributed by atoms with Gasteiger partial charge in [-0.1, -0.05) is 70.5 Å². The third kappa shape index (κ3) is 5.71. The SMILES string of the molecule is CN(C(=O)OC(C)(C)C)c1ccc2[nH]c(C(=O)N3C[C@@H](CBr)c4c3cc(OCc3ccccc3)c3ccccc43)cc2c1. The van der Waals surface area contributed by atoms with Gasteiger partial charge in [0.1, 0.15) is 23.7 Å². The number of fused-ring (bicyclic) bond motifs is 4. The monoisotopic (exact) mass is 639 g/mol. The Morgan fingerprint density at radius 3 is 2.42 bits per heavy atom. The highest BCUT2D eigenvalue weighted by Gasteiger charge is 2.35. The molecule has 2 heterocycles. The highest BCUT2D eigenvalue weighted by molar-refractivity contribution is 9.09. The number of ether oxygens (including phenoxy) is 2. The molecule has 0 saturated carbocycles. The topological polar surface area (TPSA) is 74.9 Å². The molecule has 0 bridgehead atoms. The number of amides is 2. The van der Waals surface area contributed by atoms with Crippen LogP contribution in [0.15, 0.2) is 84.9 Å². The van der Waals surface area contributed by atoms with E-state index in [4.69, 9.17) is 9.47 Å². The minimum Gasteiger partial charge on any atom is -0.488 e. The van der Waals surface area contributed by atoms with Crippen molar-refractivity contribution in [1.82, 2.24) is 4.98 Å². The average molecular weight is 641 g/mol. The zero-order chi connectivity index (χ0) is 30.3. The zero-order valence-corrected chi connectivity index (χ0v) is 26.3. The van der Waals surface area contributed by atoms with Crippen molar-refractivity contribution in [3.8, 4) is 5.75 Å². The molecule has 7 nitrogen and oxygen atoms in total. The summed E-state index contributed by atoms with van der Waals surface area (Å²) in [6.07, 6.45) is -0.439. The number of carbonyl (C=O) groups is 2. The number of halogens is 1. The molecule has 0 radical (unpaired) electrons. The summed E-state index contributed by atoms with van der Waals surface area (Å²) >= 11 is 3.70. The van der Waals surface area contributed by atoms with E-state index in [2.05, 4.69) is 33.0 Å². The predicted molar refractivity (Wildman–Crippen MR) is 176 cm³/mol. The van der Waals surface area contributed by atoms with E-state index in [-0.39, 0.29) is 11.8 Å². The second kappa shape index (κ2) is 11.4. The molecule has 1 aromatic heterocycles. The molecular weight excluding hydrogens is 606 g/mol. The van der Waals surface area contributed by atoms with Crippen LogP contribution >= 0.6 is 15.9 Å². The number of aromatic amines is 1. The molecule has 6 rings (SSSR count). The Hall–Kier alpha value is -4.30. The minimum absolute atomic E-state index is 0.118. The Bertz CT molecular complexity index is 1830. The summed E-state index contributed by atoms with van der Waals surface area (Å²) in [4.78, 5) is 33.4. The van der Waals surface area contributed by atoms with Crippen LogP contribution in [0.1, 0.15) is 48.3 Å². The van der Waals surface area contributed by atoms with Gasteiger partial charge in [-0.15, -0.1) is 0 Å². The van der Waals surface area contributed by atoms with Crippen LogP contribution in [0, 0.1) is 0 Å². The van der Waals surface area contributed by atoms with E-state index < -0.39 is 11.7 Å². The van der Waals surface area contributed by atoms with Gasteiger partial charge in [0.15, 0.2) is 0 Å². The molecule has 8 heteroatoms. The number of carbonyl (C=O) groups excluding carboxylic acids is 2. The van der Waals surface area contributed by atoms with Gasteiger partial charge in [0, 0.05) is 52.9 Å². The van der Waals surface area contributed by atoms with Crippen molar-refractivity contribution in [2.75, 3.05) is 28.7 Å². The van der Waals surface area contributed by atoms with E-state index in [1.165, 1.54) is 4.90 Å². The molecular formula is C35H34BrN3O4. The van der Waals surface area contributed by atoms with Crippen LogP contribution < -0.4 is 14.5 Å². The number of hydrogen-bond acceptors (Lipinski definition) is 4. The summed E-state index contributed by atoms with van der Waals surface area (Å²) in [7, 11) is 1.68. The maximum atomic E-state index is 14.1. The van der Waals surface area contributed by atoms with E-state index in [9.17, 15) is 9.59 Å². The van der Waals surface area contributed by atoms with Crippen LogP contribution in [-0.4, -0.2) is 41.5 Å². The number of H-pyrrole nitrogens is 1. The molecule has 0 unspecified atom stereocenters. The predicted octanol–water partition coefficient (Wildman–Crippen LogP) is 8.41. The second-order valence-corrected chi connectivity index (χ2v) is 12.5. The van der Waals surface area contributed by atoms with Crippen LogP contribution in [-0.2, 0) is 11.3 Å². The van der Waals surface area contributed by atoms with Gasteiger partial charge >= 0.3 is 6.09 Å². The highest BCUT2D eigenvalue weighted by Crippen LogP contribution is 2.46. The van der Waals surface area contributed by atoms with Crippen molar-refractivity contribution >= 4 is 61.0 Å². The van der Waals surface area contributed by atoms with Gasteiger partial charge in [-0.05, 0) is 61.5 Å². The minimum atomic E-state index is -0.597. The summed E-state index contributed by atoms with van der Waals surface area (Å²) in [6, 6.07) is 27.8. The van der Waals surface area contributed by atoms with Gasteiger partial charge < -0.3 is 19.4 Å². The first-order valence-corrected chi connectivity index (χ1v) is 15.4. The van der Waals surface area contributed by atoms with Crippen molar-refractivity contribution in [3.63, 3.8) is 0 Å². The molecule has 4 aromatic carbocycles. The van der Waals surface area contributed by atoms with Crippen LogP contribution in [0.4, 0.5) is 16.2 Å². The number of nitrogens with one attached hydrogen (secondary N) is 1. The van der Waals surface area contributed by atoms with Gasteiger partial charge in [-0.3, -0.25) is 9.69 Å². The van der Waals surface area contributed by atoms with Crippen molar-refractivity contribution < 1.29 is 19.1 Å². The van der Waals surface area contributed by atoms with Crippen molar-refractivity contribution in [1.29, 1.82) is 0 Å². The maximum Gasteiger partial charge on any atom is 0.414 e. The molecule has 220 valence electrons. The molecule has 1 N–H and O–H groups in total. The summed E-state index contributed by atoms with van der Waals surface area (Å²) in [5.41, 5.74) is 4.45. The van der Waals surface area contributed by atoms with Gasteiger partial charge in [-0.25, -0.2) is 4.79 Å². The summed E-state index contributed by atoms with van der Waals surface area (Å²) in [6.45, 7) is 6.49. The lowest BCUT2D eigenvalue weighted by atomic mass is 9.95. The van der Waals surface area contributed by atoms with Gasteiger partial charge in [0.2, 0.25) is 0 Å². The largest absolute Gasteiger partial charge is 0.488 e. The molecule has 0 saturated heterocycles. The summed E-state index contributed by atoms with van der Waals surface area (Å²) < 4.78 is 11.9. The lowest BCUT2D eigenvalue weighted by Crippen LogP contribution is -2.34. The third-order valence-electron chi connectivity index (χ3n) is 7.69. The lowest BCUT2D eigenvalue weighted by Gasteiger charge is -2.24. The van der Waals surface area contributed by atoms with E-state index in [1.54, 1.807) is 7.05 Å². The molecule has 1 aliphatic heterocycles. The Balaban J connectivity index is 1.34. The van der Waals surface area contributed by atoms with Gasteiger partial charge in [0.05, 0.1) is 5.69 Å². The summed E-state index contributed by atoms with van der Waals surface area (Å²) in [5.74, 6) is 0.760. The third-order valence-corrected chi connectivity index (χ3v) is 8.47. The van der Waals surface area contributed by atoms with Crippen LogP contribution in [0.3, 0.4) is 0 Å². The fraction of sp³-hybridized carbons (Fsp3) is 0.257. The fourth-order valence-electron chi connectivity index (χ4n) is 5.61. The number of benzene rings is 4. The molecule has 1 aliphatic rings. The normalized spacial score (nSPS) is 14.6. The number of anilines is 2. The Kier molecular flexibility index (Phi) is 7.65. The maximum absolute atomic E-state index is 14.1. The van der Waals surface area contributed by atoms with Crippen LogP contribution in [0.2, 0.25) is 0 Å². The molecule has 0 spiro atoms. The number of aromatic nitrogens is 1. The Morgan fingerprint density at radius 1 is 0.977 bits per heavy atom. The lowest BCUT2D eigenvalue weighted by molar-refractivity contribution is 0.0589. The van der Waals surface area contributed by atoms with E-state index >= 15 is 0 Å². The van der Waals surface area contributed by atoms with E-state index in [1.807, 2.05) is 98.5 Å². The standard InChI is InChI=1S/C35H34BrN3O4/c1-35(2,3)43-34(41)38(4)25-14-15-28-23(16-25)17-29(37-28)33(40)39-20-24(19-36)32-27-13-9-8-12-26(27)31(18-30(32)39)42-21-22-10-6-5-7-11-22/h5-18,24,37H,19-21H2,1-4H3/t24-/m1/s1. The van der Waals surface area contributed by atoms with Crippen LogP contribution in [0.5, 0.6) is 5.75 Å². The van der Waals surface area contributed by atoms with E-state index in [0.29, 0.717) is 24.5 Å². The van der Waals surface area contributed by atoms with Gasteiger partial charge in [-0.2, -0.15) is 0 Å². The number of hydrogen-bond donors (Lipinski definition) is 1. The van der Waals surface area contributed by atoms with Crippen LogP contribution in [0.25, 0.3) is 21.7 Å². The summed E-state index contributed by atoms with van der Waals surface area (Å²) in [5, 5.41) is 3.68. The molecule has 43 heavy (non-hydrogen) atoms.